The molecule has 334 valence electrons. The molecule has 0 radical (unpaired) electrons. The summed E-state index contributed by atoms with van der Waals surface area (Å²) < 4.78 is 22.1. The van der Waals surface area contributed by atoms with Gasteiger partial charge in [0.25, 0.3) is 0 Å². The largest absolute Gasteiger partial charge is 0.462 e. The second kappa shape index (κ2) is 38.4. The Morgan fingerprint density at radius 2 is 0.965 bits per heavy atom. The van der Waals surface area contributed by atoms with E-state index in [1.165, 1.54) is 128 Å². The van der Waals surface area contributed by atoms with Gasteiger partial charge in [0.1, 0.15) is 31.0 Å². The number of esters is 2. The molecule has 1 fully saturated rings. The van der Waals surface area contributed by atoms with Gasteiger partial charge in [0.15, 0.2) is 12.4 Å². The first-order chi connectivity index (χ1) is 27.8. The van der Waals surface area contributed by atoms with Crippen molar-refractivity contribution in [3.8, 4) is 0 Å². The molecule has 10 nitrogen and oxygen atoms in total. The molecule has 0 aromatic rings. The van der Waals surface area contributed by atoms with E-state index >= 15 is 0 Å². The Bertz CT molecular complexity index is 985. The highest BCUT2D eigenvalue weighted by Gasteiger charge is 2.44. The molecule has 0 aromatic heterocycles. The highest BCUT2D eigenvalue weighted by molar-refractivity contribution is 5.70. The standard InChI is InChI=1S/C47H86O10/c1-3-5-7-9-11-13-14-15-16-17-18-19-20-21-22-23-24-25-26-28-30-32-34-36-43(50)56-40(39-55-47-46(53)45(52)44(51)41(37-48)57-47)38-54-42(49)35-33-31-29-27-12-10-8-6-4-2/h23-24,28,30,40-41,44-48,51-53H,3-22,25-27,29,31-39H2,1-2H3/b24-23+,30-28+/t40-,41-,44+,45?,46?,47-/m1/s1. The van der Waals surface area contributed by atoms with E-state index in [0.29, 0.717) is 6.42 Å². The fourth-order valence-corrected chi connectivity index (χ4v) is 7.09. The van der Waals surface area contributed by atoms with Gasteiger partial charge in [-0.05, 0) is 44.9 Å². The summed E-state index contributed by atoms with van der Waals surface area (Å²) in [5.74, 6) is -0.853. The molecule has 1 heterocycles. The Morgan fingerprint density at radius 1 is 0.526 bits per heavy atom. The van der Waals surface area contributed by atoms with Gasteiger partial charge in [0.2, 0.25) is 0 Å². The monoisotopic (exact) mass is 811 g/mol. The Morgan fingerprint density at radius 3 is 1.47 bits per heavy atom. The van der Waals surface area contributed by atoms with Crippen molar-refractivity contribution in [2.45, 2.75) is 243 Å². The summed E-state index contributed by atoms with van der Waals surface area (Å²) in [7, 11) is 0. The third-order valence-corrected chi connectivity index (χ3v) is 10.8. The van der Waals surface area contributed by atoms with Crippen molar-refractivity contribution in [1.82, 2.24) is 0 Å². The summed E-state index contributed by atoms with van der Waals surface area (Å²) in [4.78, 5) is 25.2. The summed E-state index contributed by atoms with van der Waals surface area (Å²) in [5.41, 5.74) is 0. The maximum atomic E-state index is 12.7. The van der Waals surface area contributed by atoms with Crippen molar-refractivity contribution in [3.05, 3.63) is 24.3 Å². The molecular formula is C47H86O10. The first-order valence-corrected chi connectivity index (χ1v) is 23.4. The number of unbranched alkanes of at least 4 members (excludes halogenated alkanes) is 24. The molecule has 1 saturated heterocycles. The van der Waals surface area contributed by atoms with E-state index in [9.17, 15) is 30.0 Å². The highest BCUT2D eigenvalue weighted by atomic mass is 16.7. The molecule has 0 saturated carbocycles. The first-order valence-electron chi connectivity index (χ1n) is 23.4. The third-order valence-electron chi connectivity index (χ3n) is 10.8. The van der Waals surface area contributed by atoms with Gasteiger partial charge in [-0.1, -0.05) is 173 Å². The maximum Gasteiger partial charge on any atom is 0.306 e. The number of hydrogen-bond acceptors (Lipinski definition) is 10. The smallest absolute Gasteiger partial charge is 0.306 e. The van der Waals surface area contributed by atoms with E-state index in [0.717, 1.165) is 44.9 Å². The van der Waals surface area contributed by atoms with Crippen LogP contribution in [0.5, 0.6) is 0 Å². The minimum Gasteiger partial charge on any atom is -0.462 e. The molecule has 1 aliphatic heterocycles. The maximum absolute atomic E-state index is 12.7. The van der Waals surface area contributed by atoms with Crippen LogP contribution in [0.4, 0.5) is 0 Å². The quantitative estimate of drug-likeness (QED) is 0.0268. The molecular weight excluding hydrogens is 725 g/mol. The van der Waals surface area contributed by atoms with Crippen molar-refractivity contribution < 1.29 is 49.0 Å². The van der Waals surface area contributed by atoms with Crippen LogP contribution >= 0.6 is 0 Å². The Kier molecular flexibility index (Phi) is 35.8. The van der Waals surface area contributed by atoms with Crippen molar-refractivity contribution >= 4 is 11.9 Å². The van der Waals surface area contributed by atoms with E-state index in [4.69, 9.17) is 18.9 Å². The molecule has 1 rings (SSSR count). The number of carbonyl (C=O) groups is 2. The zero-order valence-electron chi connectivity index (χ0n) is 36.3. The second-order valence-corrected chi connectivity index (χ2v) is 16.2. The van der Waals surface area contributed by atoms with Crippen LogP contribution in [-0.4, -0.2) is 89.0 Å². The lowest BCUT2D eigenvalue weighted by atomic mass is 9.99. The Balaban J connectivity index is 2.27. The van der Waals surface area contributed by atoms with E-state index in [1.807, 2.05) is 0 Å². The molecule has 0 aliphatic carbocycles. The molecule has 57 heavy (non-hydrogen) atoms. The molecule has 0 bridgehead atoms. The van der Waals surface area contributed by atoms with Gasteiger partial charge in [-0.2, -0.15) is 0 Å². The fraction of sp³-hybridized carbons (Fsp3) is 0.872. The molecule has 4 N–H and O–H groups in total. The molecule has 10 heteroatoms. The summed E-state index contributed by atoms with van der Waals surface area (Å²) in [6.45, 7) is 3.38. The van der Waals surface area contributed by atoms with Crippen LogP contribution in [0.3, 0.4) is 0 Å². The zero-order valence-corrected chi connectivity index (χ0v) is 36.3. The van der Waals surface area contributed by atoms with Crippen molar-refractivity contribution in [1.29, 1.82) is 0 Å². The van der Waals surface area contributed by atoms with Crippen LogP contribution in [0.25, 0.3) is 0 Å². The van der Waals surface area contributed by atoms with Gasteiger partial charge in [0.05, 0.1) is 13.2 Å². The van der Waals surface area contributed by atoms with E-state index < -0.39 is 49.4 Å². The number of aliphatic hydroxyl groups is 4. The Labute approximate surface area is 347 Å². The average molecular weight is 811 g/mol. The minimum atomic E-state index is -1.60. The number of ether oxygens (including phenoxy) is 4. The summed E-state index contributed by atoms with van der Waals surface area (Å²) in [5, 5.41) is 40.0. The normalized spacial score (nSPS) is 20.4. The van der Waals surface area contributed by atoms with Crippen LogP contribution < -0.4 is 0 Å². The van der Waals surface area contributed by atoms with Gasteiger partial charge in [-0.3, -0.25) is 9.59 Å². The average Bonchev–Trinajstić information content (AvgIpc) is 3.21. The number of allylic oxidation sites excluding steroid dienone is 4. The van der Waals surface area contributed by atoms with Crippen LogP contribution in [0, 0.1) is 0 Å². The zero-order chi connectivity index (χ0) is 41.6. The van der Waals surface area contributed by atoms with Crippen molar-refractivity contribution in [3.63, 3.8) is 0 Å². The minimum absolute atomic E-state index is 0.173. The molecule has 2 unspecified atom stereocenters. The first kappa shape index (κ1) is 53.2. The molecule has 0 spiro atoms. The molecule has 1 aliphatic rings. The summed E-state index contributed by atoms with van der Waals surface area (Å²) >= 11 is 0. The van der Waals surface area contributed by atoms with Gasteiger partial charge >= 0.3 is 11.9 Å². The van der Waals surface area contributed by atoms with Gasteiger partial charge in [-0.25, -0.2) is 0 Å². The topological polar surface area (TPSA) is 152 Å². The van der Waals surface area contributed by atoms with E-state index in [2.05, 4.69) is 38.2 Å². The Hall–Kier alpha value is -1.82. The second-order valence-electron chi connectivity index (χ2n) is 16.2. The number of rotatable bonds is 39. The van der Waals surface area contributed by atoms with Gasteiger partial charge < -0.3 is 39.4 Å². The predicted octanol–water partition coefficient (Wildman–Crippen LogP) is 10.1. The molecule has 0 aromatic carbocycles. The lowest BCUT2D eigenvalue weighted by molar-refractivity contribution is -0.305. The predicted molar refractivity (Wildman–Crippen MR) is 229 cm³/mol. The van der Waals surface area contributed by atoms with Crippen molar-refractivity contribution in [2.24, 2.45) is 0 Å². The number of hydrogen-bond donors (Lipinski definition) is 4. The van der Waals surface area contributed by atoms with E-state index in [-0.39, 0.29) is 32.0 Å². The van der Waals surface area contributed by atoms with Crippen LogP contribution in [-0.2, 0) is 28.5 Å². The third kappa shape index (κ3) is 30.0. The molecule has 0 amide bonds. The van der Waals surface area contributed by atoms with Crippen LogP contribution in [0.15, 0.2) is 24.3 Å². The molecule has 6 atom stereocenters. The van der Waals surface area contributed by atoms with Gasteiger partial charge in [-0.15, -0.1) is 0 Å². The van der Waals surface area contributed by atoms with Crippen molar-refractivity contribution in [2.75, 3.05) is 19.8 Å². The lowest BCUT2D eigenvalue weighted by Gasteiger charge is -2.39. The van der Waals surface area contributed by atoms with Gasteiger partial charge in [0, 0.05) is 12.8 Å². The SMILES string of the molecule is CCCCCCCCCCCCCCCC/C=C/CC/C=C/CCCC(=O)O[C@H](COC(=O)CCCCCCCCCCC)CO[C@@H]1O[C@H](CO)[C@H](O)C(O)C1O. The number of aliphatic hydroxyl groups excluding tert-OH is 4. The van der Waals surface area contributed by atoms with Crippen LogP contribution in [0.2, 0.25) is 0 Å². The lowest BCUT2D eigenvalue weighted by Crippen LogP contribution is -2.59. The fourth-order valence-electron chi connectivity index (χ4n) is 7.09. The highest BCUT2D eigenvalue weighted by Crippen LogP contribution is 2.23. The van der Waals surface area contributed by atoms with Crippen LogP contribution in [0.1, 0.15) is 206 Å². The number of carbonyl (C=O) groups excluding carboxylic acids is 2. The summed E-state index contributed by atoms with van der Waals surface area (Å²) in [6, 6.07) is 0. The van der Waals surface area contributed by atoms with E-state index in [1.54, 1.807) is 0 Å². The summed E-state index contributed by atoms with van der Waals surface area (Å²) in [6.07, 6.45) is 35.0.